The Kier molecular flexibility index (Phi) is 4.63. The number of aromatic nitrogens is 1. The van der Waals surface area contributed by atoms with E-state index in [1.165, 1.54) is 6.42 Å². The van der Waals surface area contributed by atoms with Gasteiger partial charge in [-0.05, 0) is 25.0 Å². The number of nitrogens with one attached hydrogen (secondary N) is 2. The number of carbonyl (C=O) groups excluding carboxylic acids is 1. The number of piperidine rings is 1. The molecule has 2 rings (SSSR count). The molecule has 98 valence electrons. The second-order valence-electron chi connectivity index (χ2n) is 4.11. The summed E-state index contributed by atoms with van der Waals surface area (Å²) in [7, 11) is 0. The zero-order chi connectivity index (χ0) is 13.0. The maximum Gasteiger partial charge on any atom is 0.333 e. The van der Waals surface area contributed by atoms with Crippen LogP contribution in [0, 0.1) is 0 Å². The highest BCUT2D eigenvalue weighted by atomic mass is 35.5. The number of amides is 2. The van der Waals surface area contributed by atoms with Crippen LogP contribution in [-0.4, -0.2) is 29.1 Å². The van der Waals surface area contributed by atoms with E-state index in [4.69, 9.17) is 23.2 Å². The topological polar surface area (TPSA) is 57.3 Å². The number of pyridine rings is 1. The van der Waals surface area contributed by atoms with E-state index in [0.29, 0.717) is 5.69 Å². The maximum absolute atomic E-state index is 11.7. The lowest BCUT2D eigenvalue weighted by atomic mass is 10.2. The van der Waals surface area contributed by atoms with Crippen LogP contribution < -0.4 is 10.7 Å². The minimum atomic E-state index is -0.296. The second-order valence-corrected chi connectivity index (χ2v) is 4.89. The number of halogens is 2. The first-order valence-electron chi connectivity index (χ1n) is 5.79. The predicted molar refractivity (Wildman–Crippen MR) is 71.8 cm³/mol. The first kappa shape index (κ1) is 13.4. The molecule has 5 nitrogen and oxygen atoms in total. The van der Waals surface area contributed by atoms with Gasteiger partial charge in [-0.1, -0.05) is 29.6 Å². The zero-order valence-corrected chi connectivity index (χ0v) is 11.3. The van der Waals surface area contributed by atoms with Crippen LogP contribution in [0.3, 0.4) is 0 Å². The summed E-state index contributed by atoms with van der Waals surface area (Å²) in [5.74, 6) is 0. The van der Waals surface area contributed by atoms with Gasteiger partial charge < -0.3 is 5.32 Å². The van der Waals surface area contributed by atoms with E-state index in [1.54, 1.807) is 12.1 Å². The summed E-state index contributed by atoms with van der Waals surface area (Å²) < 4.78 is 0. The van der Waals surface area contributed by atoms with Gasteiger partial charge in [-0.25, -0.2) is 14.8 Å². The van der Waals surface area contributed by atoms with E-state index in [2.05, 4.69) is 15.7 Å². The quantitative estimate of drug-likeness (QED) is 0.823. The van der Waals surface area contributed by atoms with Gasteiger partial charge in [-0.15, -0.1) is 0 Å². The molecule has 0 unspecified atom stereocenters. The fraction of sp³-hybridized carbons (Fsp3) is 0.455. The average Bonchev–Trinajstić information content (AvgIpc) is 2.28. The molecule has 1 aromatic heterocycles. The summed E-state index contributed by atoms with van der Waals surface area (Å²) >= 11 is 11.5. The third kappa shape index (κ3) is 4.01. The third-order valence-corrected chi connectivity index (χ3v) is 3.02. The Morgan fingerprint density at radius 3 is 2.39 bits per heavy atom. The molecule has 2 amide bonds. The zero-order valence-electron chi connectivity index (χ0n) is 9.75. The van der Waals surface area contributed by atoms with Crippen molar-refractivity contribution in [2.24, 2.45) is 0 Å². The molecule has 0 bridgehead atoms. The molecule has 0 atom stereocenters. The summed E-state index contributed by atoms with van der Waals surface area (Å²) in [4.78, 5) is 15.5. The largest absolute Gasteiger partial charge is 0.333 e. The summed E-state index contributed by atoms with van der Waals surface area (Å²) in [5.41, 5.74) is 3.31. The minimum absolute atomic E-state index is 0.246. The highest BCUT2D eigenvalue weighted by molar-refractivity contribution is 6.32. The van der Waals surface area contributed by atoms with Crippen molar-refractivity contribution in [1.29, 1.82) is 0 Å². The molecule has 1 aromatic rings. The lowest BCUT2D eigenvalue weighted by Gasteiger charge is -2.26. The van der Waals surface area contributed by atoms with Crippen LogP contribution in [-0.2, 0) is 0 Å². The van der Waals surface area contributed by atoms with Crippen LogP contribution in [0.4, 0.5) is 10.5 Å². The maximum atomic E-state index is 11.7. The predicted octanol–water partition coefficient (Wildman–Crippen LogP) is 2.91. The number of urea groups is 1. The van der Waals surface area contributed by atoms with Crippen LogP contribution in [0.5, 0.6) is 0 Å². The Hall–Kier alpha value is -1.04. The summed E-state index contributed by atoms with van der Waals surface area (Å²) in [5, 5.41) is 5.07. The van der Waals surface area contributed by atoms with Gasteiger partial charge in [0.15, 0.2) is 0 Å². The van der Waals surface area contributed by atoms with E-state index >= 15 is 0 Å². The molecule has 7 heteroatoms. The van der Waals surface area contributed by atoms with Crippen molar-refractivity contribution < 1.29 is 4.79 Å². The molecule has 1 fully saturated rings. The molecule has 0 aromatic carbocycles. The van der Waals surface area contributed by atoms with Crippen LogP contribution in [0.15, 0.2) is 12.1 Å². The number of hydrogen-bond donors (Lipinski definition) is 2. The van der Waals surface area contributed by atoms with Gasteiger partial charge >= 0.3 is 6.03 Å². The Morgan fingerprint density at radius 1 is 1.17 bits per heavy atom. The lowest BCUT2D eigenvalue weighted by molar-refractivity contribution is 0.162. The van der Waals surface area contributed by atoms with E-state index in [-0.39, 0.29) is 16.3 Å². The fourth-order valence-corrected chi connectivity index (χ4v) is 2.31. The van der Waals surface area contributed by atoms with Crippen molar-refractivity contribution in [3.05, 3.63) is 22.4 Å². The number of anilines is 1. The number of rotatable bonds is 2. The molecule has 0 spiro atoms. The smallest absolute Gasteiger partial charge is 0.307 e. The number of hydrogen-bond acceptors (Lipinski definition) is 3. The molecule has 0 aliphatic carbocycles. The monoisotopic (exact) mass is 288 g/mol. The average molecular weight is 289 g/mol. The van der Waals surface area contributed by atoms with Crippen LogP contribution >= 0.6 is 23.2 Å². The fourth-order valence-electron chi connectivity index (χ4n) is 1.85. The number of carbonyl (C=O) groups is 1. The van der Waals surface area contributed by atoms with Crippen molar-refractivity contribution in [2.75, 3.05) is 18.4 Å². The molecule has 1 aliphatic rings. The van der Waals surface area contributed by atoms with Gasteiger partial charge in [-0.2, -0.15) is 0 Å². The Balaban J connectivity index is 1.89. The minimum Gasteiger partial charge on any atom is -0.307 e. The molecule has 2 N–H and O–H groups in total. The Labute approximate surface area is 115 Å². The summed E-state index contributed by atoms with van der Waals surface area (Å²) in [6.07, 6.45) is 3.43. The Bertz CT molecular complexity index is 415. The molecular weight excluding hydrogens is 275 g/mol. The SMILES string of the molecule is O=C(Nc1cc(Cl)nc(Cl)c1)NN1CCCCC1. The number of hydrazine groups is 1. The molecule has 0 saturated carbocycles. The van der Waals surface area contributed by atoms with Crippen LogP contribution in [0.25, 0.3) is 0 Å². The molecule has 2 heterocycles. The van der Waals surface area contributed by atoms with Crippen molar-refractivity contribution in [3.63, 3.8) is 0 Å². The van der Waals surface area contributed by atoms with Gasteiger partial charge in [0.05, 0.1) is 0 Å². The normalized spacial score (nSPS) is 16.3. The van der Waals surface area contributed by atoms with Gasteiger partial charge in [0.2, 0.25) is 0 Å². The summed E-state index contributed by atoms with van der Waals surface area (Å²) in [6, 6.07) is 2.79. The molecule has 1 aliphatic heterocycles. The lowest BCUT2D eigenvalue weighted by Crippen LogP contribution is -2.46. The van der Waals surface area contributed by atoms with E-state index in [1.807, 2.05) is 5.01 Å². The Morgan fingerprint density at radius 2 is 1.78 bits per heavy atom. The highest BCUT2D eigenvalue weighted by Crippen LogP contribution is 2.18. The van der Waals surface area contributed by atoms with E-state index in [0.717, 1.165) is 25.9 Å². The number of nitrogens with zero attached hydrogens (tertiary/aromatic N) is 2. The van der Waals surface area contributed by atoms with Gasteiger partial charge in [0, 0.05) is 18.8 Å². The van der Waals surface area contributed by atoms with Crippen molar-refractivity contribution in [3.8, 4) is 0 Å². The van der Waals surface area contributed by atoms with Crippen LogP contribution in [0.1, 0.15) is 19.3 Å². The van der Waals surface area contributed by atoms with Crippen molar-refractivity contribution in [1.82, 2.24) is 15.4 Å². The van der Waals surface area contributed by atoms with Crippen molar-refractivity contribution >= 4 is 34.9 Å². The van der Waals surface area contributed by atoms with E-state index < -0.39 is 0 Å². The van der Waals surface area contributed by atoms with Crippen molar-refractivity contribution in [2.45, 2.75) is 19.3 Å². The molecule has 0 radical (unpaired) electrons. The standard InChI is InChI=1S/C11H14Cl2N4O/c12-9-6-8(7-10(13)15-9)14-11(18)16-17-4-2-1-3-5-17/h6-7H,1-5H2,(H2,14,15,16,18). The molecular formula is C11H14Cl2N4O. The van der Waals surface area contributed by atoms with Gasteiger partial charge in [0.1, 0.15) is 10.3 Å². The van der Waals surface area contributed by atoms with Gasteiger partial charge in [0.25, 0.3) is 0 Å². The van der Waals surface area contributed by atoms with Crippen LogP contribution in [0.2, 0.25) is 10.3 Å². The van der Waals surface area contributed by atoms with Gasteiger partial charge in [-0.3, -0.25) is 5.43 Å². The highest BCUT2D eigenvalue weighted by Gasteiger charge is 2.12. The second kappa shape index (κ2) is 6.22. The molecule has 1 saturated heterocycles. The first-order chi connectivity index (χ1) is 8.63. The van der Waals surface area contributed by atoms with E-state index in [9.17, 15) is 4.79 Å². The molecule has 18 heavy (non-hydrogen) atoms. The summed E-state index contributed by atoms with van der Waals surface area (Å²) in [6.45, 7) is 1.76. The third-order valence-electron chi connectivity index (χ3n) is 2.64. The first-order valence-corrected chi connectivity index (χ1v) is 6.55.